The minimum Gasteiger partial charge on any atom is -0.330 e. The van der Waals surface area contributed by atoms with Gasteiger partial charge in [-0.2, -0.15) is 0 Å². The highest BCUT2D eigenvalue weighted by Crippen LogP contribution is 2.38. The van der Waals surface area contributed by atoms with Crippen LogP contribution in [-0.2, 0) is 4.52 Å². The molecule has 5 heteroatoms. The van der Waals surface area contributed by atoms with E-state index in [4.69, 9.17) is 10.3 Å². The van der Waals surface area contributed by atoms with E-state index in [1.54, 1.807) is 0 Å². The van der Waals surface area contributed by atoms with Crippen LogP contribution in [0.4, 0.5) is 0 Å². The molecule has 1 aliphatic rings. The van der Waals surface area contributed by atoms with Gasteiger partial charge >= 0.3 is 0 Å². The van der Waals surface area contributed by atoms with Crippen LogP contribution in [0.5, 0.6) is 0 Å². The second kappa shape index (κ2) is 4.21. The summed E-state index contributed by atoms with van der Waals surface area (Å²) >= 11 is 0. The van der Waals surface area contributed by atoms with Crippen molar-refractivity contribution in [1.82, 2.24) is 9.76 Å². The lowest BCUT2D eigenvalue weighted by molar-refractivity contribution is 0.337. The molecule has 0 amide bonds. The lowest BCUT2D eigenvalue weighted by Gasteiger charge is -2.17. The number of nitrogens with zero attached hydrogens (tertiary/aromatic N) is 1. The molecular formula is C5H14N3OP. The Bertz CT molecular complexity index is 103. The molecule has 1 heterocycles. The third-order valence-electron chi connectivity index (χ3n) is 1.32. The SMILES string of the molecule is CN1CCNP1OCCN. The Balaban J connectivity index is 2.14. The van der Waals surface area contributed by atoms with E-state index >= 15 is 0 Å². The average molecular weight is 163 g/mol. The van der Waals surface area contributed by atoms with Crippen molar-refractivity contribution >= 4 is 8.45 Å². The highest BCUT2D eigenvalue weighted by Gasteiger charge is 2.20. The summed E-state index contributed by atoms with van der Waals surface area (Å²) in [6.45, 7) is 3.38. The van der Waals surface area contributed by atoms with Crippen LogP contribution < -0.4 is 10.8 Å². The lowest BCUT2D eigenvalue weighted by atomic mass is 10.7. The van der Waals surface area contributed by atoms with Crippen molar-refractivity contribution < 1.29 is 4.52 Å². The van der Waals surface area contributed by atoms with Gasteiger partial charge in [-0.1, -0.05) is 0 Å². The van der Waals surface area contributed by atoms with E-state index < -0.39 is 8.45 Å². The fourth-order valence-electron chi connectivity index (χ4n) is 0.802. The fraction of sp³-hybridized carbons (Fsp3) is 1.00. The van der Waals surface area contributed by atoms with Crippen molar-refractivity contribution in [3.05, 3.63) is 0 Å². The van der Waals surface area contributed by atoms with Gasteiger partial charge in [-0.3, -0.25) is 5.09 Å². The van der Waals surface area contributed by atoms with Gasteiger partial charge in [0, 0.05) is 19.6 Å². The van der Waals surface area contributed by atoms with Crippen LogP contribution in [0, 0.1) is 0 Å². The Morgan fingerprint density at radius 1 is 1.80 bits per heavy atom. The van der Waals surface area contributed by atoms with E-state index in [0.717, 1.165) is 13.1 Å². The summed E-state index contributed by atoms with van der Waals surface area (Å²) in [6.07, 6.45) is 0. The molecule has 0 aromatic carbocycles. The van der Waals surface area contributed by atoms with Crippen LogP contribution in [0.2, 0.25) is 0 Å². The average Bonchev–Trinajstić information content (AvgIpc) is 2.31. The van der Waals surface area contributed by atoms with Crippen molar-refractivity contribution in [1.29, 1.82) is 0 Å². The normalized spacial score (nSPS) is 27.6. The maximum absolute atomic E-state index is 5.42. The first-order valence-electron chi connectivity index (χ1n) is 3.42. The van der Waals surface area contributed by atoms with Crippen molar-refractivity contribution in [2.24, 2.45) is 5.73 Å². The number of hydrogen-bond acceptors (Lipinski definition) is 4. The first-order chi connectivity index (χ1) is 4.84. The van der Waals surface area contributed by atoms with Gasteiger partial charge in [-0.15, -0.1) is 0 Å². The maximum atomic E-state index is 5.42. The molecule has 1 aliphatic heterocycles. The number of rotatable bonds is 3. The molecule has 0 aromatic heterocycles. The Kier molecular flexibility index (Phi) is 3.52. The molecule has 4 nitrogen and oxygen atoms in total. The van der Waals surface area contributed by atoms with Gasteiger partial charge in [0.1, 0.15) is 0 Å². The van der Waals surface area contributed by atoms with Crippen LogP contribution in [0.25, 0.3) is 0 Å². The fourth-order valence-corrected chi connectivity index (χ4v) is 2.18. The quantitative estimate of drug-likeness (QED) is 0.562. The number of hydrogen-bond donors (Lipinski definition) is 2. The Hall–Kier alpha value is 0.270. The van der Waals surface area contributed by atoms with Crippen LogP contribution in [0.1, 0.15) is 0 Å². The number of nitrogens with two attached hydrogens (primary N) is 1. The van der Waals surface area contributed by atoms with Crippen molar-refractivity contribution in [3.63, 3.8) is 0 Å². The third kappa shape index (κ3) is 2.15. The molecule has 0 aromatic rings. The predicted octanol–water partition coefficient (Wildman–Crippen LogP) is -0.276. The van der Waals surface area contributed by atoms with E-state index in [-0.39, 0.29) is 0 Å². The summed E-state index contributed by atoms with van der Waals surface area (Å²) < 4.78 is 7.60. The molecule has 1 fully saturated rings. The summed E-state index contributed by atoms with van der Waals surface area (Å²) in [5, 5.41) is 3.25. The second-order valence-corrected chi connectivity index (χ2v) is 3.99. The Morgan fingerprint density at radius 2 is 2.60 bits per heavy atom. The molecular weight excluding hydrogens is 149 g/mol. The zero-order chi connectivity index (χ0) is 7.40. The zero-order valence-electron chi connectivity index (χ0n) is 6.21. The van der Waals surface area contributed by atoms with Crippen molar-refractivity contribution in [2.75, 3.05) is 33.3 Å². The van der Waals surface area contributed by atoms with E-state index in [0.29, 0.717) is 13.2 Å². The summed E-state index contributed by atoms with van der Waals surface area (Å²) in [6, 6.07) is 0. The first-order valence-corrected chi connectivity index (χ1v) is 4.63. The minimum atomic E-state index is -0.509. The summed E-state index contributed by atoms with van der Waals surface area (Å²) in [5.74, 6) is 0. The van der Waals surface area contributed by atoms with Crippen LogP contribution >= 0.6 is 8.45 Å². The summed E-state index contributed by atoms with van der Waals surface area (Å²) in [7, 11) is 1.55. The Labute approximate surface area is 62.7 Å². The maximum Gasteiger partial charge on any atom is 0.184 e. The molecule has 1 rings (SSSR count). The van der Waals surface area contributed by atoms with Crippen molar-refractivity contribution in [3.8, 4) is 0 Å². The smallest absolute Gasteiger partial charge is 0.184 e. The molecule has 1 atom stereocenters. The molecule has 0 aliphatic carbocycles. The molecule has 0 radical (unpaired) electrons. The molecule has 0 spiro atoms. The van der Waals surface area contributed by atoms with Crippen molar-refractivity contribution in [2.45, 2.75) is 0 Å². The number of nitrogens with one attached hydrogen (secondary N) is 1. The molecule has 0 saturated carbocycles. The van der Waals surface area contributed by atoms with Crippen LogP contribution in [0.15, 0.2) is 0 Å². The monoisotopic (exact) mass is 163 g/mol. The highest BCUT2D eigenvalue weighted by atomic mass is 31.2. The zero-order valence-corrected chi connectivity index (χ0v) is 7.10. The molecule has 1 saturated heterocycles. The first kappa shape index (κ1) is 8.37. The summed E-state index contributed by atoms with van der Waals surface area (Å²) in [5.41, 5.74) is 5.29. The molecule has 0 bridgehead atoms. The minimum absolute atomic E-state index is 0.509. The van der Waals surface area contributed by atoms with Gasteiger partial charge < -0.3 is 10.3 Å². The predicted molar refractivity (Wildman–Crippen MR) is 42.6 cm³/mol. The van der Waals surface area contributed by atoms with E-state index in [9.17, 15) is 0 Å². The summed E-state index contributed by atoms with van der Waals surface area (Å²) in [4.78, 5) is 0. The van der Waals surface area contributed by atoms with E-state index in [1.165, 1.54) is 0 Å². The molecule has 60 valence electrons. The third-order valence-corrected chi connectivity index (χ3v) is 3.07. The van der Waals surface area contributed by atoms with Crippen LogP contribution in [-0.4, -0.2) is 38.0 Å². The largest absolute Gasteiger partial charge is 0.330 e. The van der Waals surface area contributed by atoms with Gasteiger partial charge in [-0.05, 0) is 7.05 Å². The topological polar surface area (TPSA) is 50.5 Å². The van der Waals surface area contributed by atoms with E-state index in [2.05, 4.69) is 16.8 Å². The highest BCUT2D eigenvalue weighted by molar-refractivity contribution is 7.48. The Morgan fingerprint density at radius 3 is 3.10 bits per heavy atom. The lowest BCUT2D eigenvalue weighted by Crippen LogP contribution is -2.13. The van der Waals surface area contributed by atoms with Gasteiger partial charge in [-0.25, -0.2) is 4.67 Å². The number of likely N-dealkylation sites (N-methyl/N-ethyl adjacent to an activating group) is 1. The van der Waals surface area contributed by atoms with Gasteiger partial charge in [0.05, 0.1) is 6.61 Å². The molecule has 3 N–H and O–H groups in total. The van der Waals surface area contributed by atoms with Gasteiger partial charge in [0.2, 0.25) is 0 Å². The second-order valence-electron chi connectivity index (χ2n) is 2.18. The van der Waals surface area contributed by atoms with Gasteiger partial charge in [0.15, 0.2) is 8.45 Å². The molecule has 10 heavy (non-hydrogen) atoms. The van der Waals surface area contributed by atoms with E-state index in [1.807, 2.05) is 0 Å². The molecule has 1 unspecified atom stereocenters. The van der Waals surface area contributed by atoms with Crippen LogP contribution in [0.3, 0.4) is 0 Å². The van der Waals surface area contributed by atoms with Gasteiger partial charge in [0.25, 0.3) is 0 Å². The standard InChI is InChI=1S/C5H14N3OP/c1-8-4-3-7-10(8)9-5-2-6/h7H,2-6H2,1H3.